The Morgan fingerprint density at radius 3 is 0.938 bits per heavy atom. The van der Waals surface area contributed by atoms with Gasteiger partial charge in [0, 0.05) is 25.7 Å². The predicted octanol–water partition coefficient (Wildman–Crippen LogP) is 22.3. The van der Waals surface area contributed by atoms with E-state index in [4.69, 9.17) is 37.0 Å². The number of phosphoric acid groups is 2. The van der Waals surface area contributed by atoms with Gasteiger partial charge in [0.05, 0.1) is 26.4 Å². The Labute approximate surface area is 586 Å². The second-order valence-corrected chi connectivity index (χ2v) is 30.7. The molecule has 0 aromatic heterocycles. The van der Waals surface area contributed by atoms with Crippen molar-refractivity contribution >= 4 is 39.5 Å². The summed E-state index contributed by atoms with van der Waals surface area (Å²) in [6.07, 6.45) is 59.2. The summed E-state index contributed by atoms with van der Waals surface area (Å²) in [5, 5.41) is 10.6. The molecule has 0 aliphatic carbocycles. The zero-order valence-electron chi connectivity index (χ0n) is 62.2. The number of ether oxygens (including phenoxy) is 4. The van der Waals surface area contributed by atoms with Crippen LogP contribution in [-0.2, 0) is 65.4 Å². The van der Waals surface area contributed by atoms with Crippen molar-refractivity contribution in [2.24, 2.45) is 11.8 Å². The molecule has 96 heavy (non-hydrogen) atoms. The maximum Gasteiger partial charge on any atom is 0.472 e. The number of aliphatic hydroxyl groups is 1. The summed E-state index contributed by atoms with van der Waals surface area (Å²) in [6.45, 7) is 9.47. The third kappa shape index (κ3) is 68.7. The minimum absolute atomic E-state index is 0.101. The van der Waals surface area contributed by atoms with Gasteiger partial charge in [-0.05, 0) is 63.2 Å². The fraction of sp³-hybridized carbons (Fsp3) is 0.896. The van der Waals surface area contributed by atoms with E-state index in [-0.39, 0.29) is 25.7 Å². The third-order valence-corrected chi connectivity index (χ3v) is 19.6. The number of carbonyl (C=O) groups is 4. The molecular formula is C77H146O17P2. The minimum atomic E-state index is -4.97. The first-order chi connectivity index (χ1) is 46.4. The van der Waals surface area contributed by atoms with Crippen molar-refractivity contribution in [3.63, 3.8) is 0 Å². The molecule has 0 fully saturated rings. The molecule has 0 rings (SSSR count). The molecule has 6 atom stereocenters. The van der Waals surface area contributed by atoms with E-state index in [9.17, 15) is 43.2 Å². The summed E-state index contributed by atoms with van der Waals surface area (Å²) in [6, 6.07) is 0. The Morgan fingerprint density at radius 2 is 0.615 bits per heavy atom. The minimum Gasteiger partial charge on any atom is -0.462 e. The molecule has 0 radical (unpaired) electrons. The number of unbranched alkanes of at least 4 members (excludes halogenated alkanes) is 40. The van der Waals surface area contributed by atoms with Crippen LogP contribution >= 0.6 is 15.6 Å². The number of phosphoric ester groups is 2. The van der Waals surface area contributed by atoms with E-state index in [2.05, 4.69) is 65.8 Å². The summed E-state index contributed by atoms with van der Waals surface area (Å²) in [5.41, 5.74) is 0. The van der Waals surface area contributed by atoms with Crippen LogP contribution < -0.4 is 0 Å². The molecule has 0 saturated heterocycles. The van der Waals surface area contributed by atoms with Gasteiger partial charge in [0.15, 0.2) is 12.2 Å². The molecule has 0 aliphatic heterocycles. The van der Waals surface area contributed by atoms with Gasteiger partial charge in [-0.15, -0.1) is 0 Å². The van der Waals surface area contributed by atoms with Crippen LogP contribution in [0.1, 0.15) is 375 Å². The molecule has 0 bridgehead atoms. The van der Waals surface area contributed by atoms with Crippen molar-refractivity contribution in [2.75, 3.05) is 39.6 Å². The fourth-order valence-corrected chi connectivity index (χ4v) is 12.8. The largest absolute Gasteiger partial charge is 0.472 e. The van der Waals surface area contributed by atoms with Crippen LogP contribution in [0.4, 0.5) is 0 Å². The monoisotopic (exact) mass is 1410 g/mol. The zero-order chi connectivity index (χ0) is 70.7. The number of aliphatic hydroxyl groups excluding tert-OH is 1. The molecule has 0 saturated carbocycles. The van der Waals surface area contributed by atoms with E-state index in [0.29, 0.717) is 31.6 Å². The van der Waals surface area contributed by atoms with Crippen LogP contribution in [0.5, 0.6) is 0 Å². The van der Waals surface area contributed by atoms with E-state index < -0.39 is 97.5 Å². The number of esters is 4. The van der Waals surface area contributed by atoms with E-state index in [1.54, 1.807) is 0 Å². The highest BCUT2D eigenvalue weighted by molar-refractivity contribution is 7.47. The summed E-state index contributed by atoms with van der Waals surface area (Å²) < 4.78 is 68.5. The van der Waals surface area contributed by atoms with Crippen LogP contribution in [-0.4, -0.2) is 96.7 Å². The molecule has 0 aromatic rings. The van der Waals surface area contributed by atoms with E-state index >= 15 is 0 Å². The van der Waals surface area contributed by atoms with Crippen molar-refractivity contribution in [1.82, 2.24) is 0 Å². The van der Waals surface area contributed by atoms with Crippen LogP contribution in [0.15, 0.2) is 24.3 Å². The maximum absolute atomic E-state index is 13.1. The van der Waals surface area contributed by atoms with Crippen LogP contribution in [0.3, 0.4) is 0 Å². The second-order valence-electron chi connectivity index (χ2n) is 27.8. The average molecular weight is 1410 g/mol. The van der Waals surface area contributed by atoms with E-state index in [1.807, 2.05) is 0 Å². The number of rotatable bonds is 74. The Kier molecular flexibility index (Phi) is 66.6. The van der Waals surface area contributed by atoms with E-state index in [1.165, 1.54) is 167 Å². The molecule has 17 nitrogen and oxygen atoms in total. The van der Waals surface area contributed by atoms with Gasteiger partial charge in [0.25, 0.3) is 0 Å². The first-order valence-electron chi connectivity index (χ1n) is 39.3. The van der Waals surface area contributed by atoms with Gasteiger partial charge in [0.2, 0.25) is 0 Å². The van der Waals surface area contributed by atoms with Gasteiger partial charge >= 0.3 is 39.5 Å². The lowest BCUT2D eigenvalue weighted by Gasteiger charge is -2.21. The van der Waals surface area contributed by atoms with Crippen LogP contribution in [0.25, 0.3) is 0 Å². The highest BCUT2D eigenvalue weighted by atomic mass is 31.2. The van der Waals surface area contributed by atoms with Gasteiger partial charge in [-0.1, -0.05) is 323 Å². The molecule has 566 valence electrons. The second kappa shape index (κ2) is 68.3. The van der Waals surface area contributed by atoms with Gasteiger partial charge in [-0.2, -0.15) is 0 Å². The van der Waals surface area contributed by atoms with Crippen LogP contribution in [0, 0.1) is 11.8 Å². The Bertz CT molecular complexity index is 1950. The summed E-state index contributed by atoms with van der Waals surface area (Å²) in [7, 11) is -9.92. The Balaban J connectivity index is 5.27. The molecule has 0 heterocycles. The topological polar surface area (TPSA) is 237 Å². The van der Waals surface area contributed by atoms with Crippen molar-refractivity contribution < 1.29 is 80.2 Å². The third-order valence-electron chi connectivity index (χ3n) is 17.7. The van der Waals surface area contributed by atoms with Crippen molar-refractivity contribution in [1.29, 1.82) is 0 Å². The first-order valence-corrected chi connectivity index (χ1v) is 42.3. The standard InChI is InChI=1S/C77H146O17P2/c1-7-10-12-14-16-18-20-22-24-25-26-27-29-31-33-35-42-49-55-61-76(81)93-72(65-87-74(79)59-53-47-41-34-32-30-28-23-21-19-17-15-13-11-8-2)67-91-95(83,84)89-63-71(78)64-90-96(85,86)92-68-73(66-88-75(80)60-54-48-44-38-39-45-51-57-69(4)5)94-77(82)62-56-50-43-37-36-40-46-52-58-70(6)9-3/h19,21,23,28,69-73,78H,7-18,20,22,24-27,29-68H2,1-6H3,(H,83,84)(H,85,86)/b21-19-,28-23-/t70?,71-,72-,73-/m1/s1. The lowest BCUT2D eigenvalue weighted by molar-refractivity contribution is -0.161. The first kappa shape index (κ1) is 93.5. The zero-order valence-corrected chi connectivity index (χ0v) is 63.9. The van der Waals surface area contributed by atoms with Gasteiger partial charge in [-0.3, -0.25) is 37.3 Å². The molecule has 0 spiro atoms. The number of allylic oxidation sites excluding steroid dienone is 4. The molecule has 3 N–H and O–H groups in total. The SMILES string of the molecule is CCCCCC/C=C\C=C/CCCCCCCC(=O)OC[C@H](COP(=O)(O)OC[C@@H](O)COP(=O)(O)OC[C@@H](COC(=O)CCCCCCCCCC(C)C)OC(=O)CCCCCCCCCCC(C)CC)OC(=O)CCCCCCCCCCCCCCCCCCCCC. The molecule has 0 aliphatic rings. The van der Waals surface area contributed by atoms with Gasteiger partial charge in [-0.25, -0.2) is 9.13 Å². The summed E-state index contributed by atoms with van der Waals surface area (Å²) >= 11 is 0. The fourth-order valence-electron chi connectivity index (χ4n) is 11.3. The summed E-state index contributed by atoms with van der Waals surface area (Å²) in [5.74, 6) is -0.677. The lowest BCUT2D eigenvalue weighted by Crippen LogP contribution is -2.30. The van der Waals surface area contributed by atoms with Gasteiger partial charge < -0.3 is 33.8 Å². The molecule has 0 aromatic carbocycles. The lowest BCUT2D eigenvalue weighted by atomic mass is 9.99. The number of hydrogen-bond acceptors (Lipinski definition) is 15. The smallest absolute Gasteiger partial charge is 0.462 e. The Hall–Kier alpha value is -2.46. The molecule has 3 unspecified atom stereocenters. The Morgan fingerprint density at radius 1 is 0.344 bits per heavy atom. The number of hydrogen-bond donors (Lipinski definition) is 3. The predicted molar refractivity (Wildman–Crippen MR) is 391 cm³/mol. The number of carbonyl (C=O) groups excluding carboxylic acids is 4. The highest BCUT2D eigenvalue weighted by Gasteiger charge is 2.30. The van der Waals surface area contributed by atoms with Crippen molar-refractivity contribution in [2.45, 2.75) is 394 Å². The normalized spacial score (nSPS) is 14.4. The molecular weight excluding hydrogens is 1260 g/mol. The van der Waals surface area contributed by atoms with E-state index in [0.717, 1.165) is 121 Å². The summed E-state index contributed by atoms with van der Waals surface area (Å²) in [4.78, 5) is 72.8. The van der Waals surface area contributed by atoms with Gasteiger partial charge in [0.1, 0.15) is 19.3 Å². The van der Waals surface area contributed by atoms with Crippen LogP contribution in [0.2, 0.25) is 0 Å². The highest BCUT2D eigenvalue weighted by Crippen LogP contribution is 2.45. The van der Waals surface area contributed by atoms with Crippen molar-refractivity contribution in [3.05, 3.63) is 24.3 Å². The van der Waals surface area contributed by atoms with Crippen molar-refractivity contribution in [3.8, 4) is 0 Å². The molecule has 0 amide bonds. The quantitative estimate of drug-likeness (QED) is 0.0169. The molecule has 19 heteroatoms. The average Bonchev–Trinajstić information content (AvgIpc) is 1.15. The maximum atomic E-state index is 13.1.